The quantitative estimate of drug-likeness (QED) is 0.735. The normalized spacial score (nSPS) is 19.3. The van der Waals surface area contributed by atoms with Crippen LogP contribution in [0, 0.1) is 0 Å². The maximum Gasteiger partial charge on any atom is 0.241 e. The Kier molecular flexibility index (Phi) is 3.72. The van der Waals surface area contributed by atoms with Crippen molar-refractivity contribution in [3.8, 4) is 11.6 Å². The van der Waals surface area contributed by atoms with Gasteiger partial charge in [-0.15, -0.1) is 0 Å². The molecule has 7 nitrogen and oxygen atoms in total. The van der Waals surface area contributed by atoms with Crippen LogP contribution >= 0.6 is 0 Å². The smallest absolute Gasteiger partial charge is 0.241 e. The molecule has 23 heavy (non-hydrogen) atoms. The Hall–Kier alpha value is -2.38. The van der Waals surface area contributed by atoms with Gasteiger partial charge in [-0.05, 0) is 24.3 Å². The van der Waals surface area contributed by atoms with Crippen molar-refractivity contribution in [3.63, 3.8) is 0 Å². The van der Waals surface area contributed by atoms with Crippen LogP contribution < -0.4 is 0 Å². The van der Waals surface area contributed by atoms with Gasteiger partial charge >= 0.3 is 0 Å². The van der Waals surface area contributed by atoms with Crippen LogP contribution in [-0.2, 0) is 18.3 Å². The van der Waals surface area contributed by atoms with Crippen LogP contribution in [0.3, 0.4) is 0 Å². The van der Waals surface area contributed by atoms with Crippen molar-refractivity contribution in [2.45, 2.75) is 12.6 Å². The van der Waals surface area contributed by atoms with Gasteiger partial charge in [-0.1, -0.05) is 5.16 Å². The lowest BCUT2D eigenvalue weighted by atomic mass is 10.1. The zero-order valence-corrected chi connectivity index (χ0v) is 12.9. The fourth-order valence-corrected chi connectivity index (χ4v) is 2.92. The molecule has 0 aromatic carbocycles. The Labute approximate surface area is 133 Å². The molecule has 0 radical (unpaired) electrons. The minimum Gasteiger partial charge on any atom is -0.461 e. The van der Waals surface area contributed by atoms with Crippen LogP contribution in [-0.4, -0.2) is 39.4 Å². The first kappa shape index (κ1) is 14.2. The third kappa shape index (κ3) is 2.80. The molecule has 3 aromatic heterocycles. The number of morpholine rings is 1. The molecule has 7 heteroatoms. The predicted octanol–water partition coefficient (Wildman–Crippen LogP) is 2.24. The van der Waals surface area contributed by atoms with E-state index < -0.39 is 0 Å². The molecule has 4 heterocycles. The van der Waals surface area contributed by atoms with Gasteiger partial charge in [-0.3, -0.25) is 4.90 Å². The van der Waals surface area contributed by atoms with Gasteiger partial charge in [0.05, 0.1) is 32.1 Å². The second kappa shape index (κ2) is 6.02. The molecule has 0 bridgehead atoms. The van der Waals surface area contributed by atoms with E-state index in [2.05, 4.69) is 25.7 Å². The molecule has 1 atom stereocenters. The van der Waals surface area contributed by atoms with Crippen molar-refractivity contribution in [1.29, 1.82) is 0 Å². The number of nitrogens with zero attached hydrogens (tertiary/aromatic N) is 4. The summed E-state index contributed by atoms with van der Waals surface area (Å²) in [6, 6.07) is 7.97. The molecule has 120 valence electrons. The van der Waals surface area contributed by atoms with Crippen molar-refractivity contribution in [3.05, 3.63) is 48.3 Å². The average molecular weight is 314 g/mol. The monoisotopic (exact) mass is 314 g/mol. The van der Waals surface area contributed by atoms with Crippen molar-refractivity contribution < 1.29 is 13.7 Å². The number of aromatic nitrogens is 3. The van der Waals surface area contributed by atoms with E-state index in [0.717, 1.165) is 6.54 Å². The molecule has 0 aliphatic carbocycles. The summed E-state index contributed by atoms with van der Waals surface area (Å²) in [6.45, 7) is 2.79. The minimum absolute atomic E-state index is 0.183. The molecule has 1 aliphatic rings. The van der Waals surface area contributed by atoms with Gasteiger partial charge in [-0.2, -0.15) is 4.98 Å². The summed E-state index contributed by atoms with van der Waals surface area (Å²) in [7, 11) is 2.05. The molecule has 0 unspecified atom stereocenters. The van der Waals surface area contributed by atoms with Crippen LogP contribution in [0.15, 0.2) is 45.7 Å². The lowest BCUT2D eigenvalue weighted by Gasteiger charge is -2.34. The highest BCUT2D eigenvalue weighted by Gasteiger charge is 2.28. The number of ether oxygens (including phenoxy) is 1. The van der Waals surface area contributed by atoms with Gasteiger partial charge in [0.15, 0.2) is 5.76 Å². The average Bonchev–Trinajstić information content (AvgIpc) is 3.29. The molecule has 1 saturated heterocycles. The van der Waals surface area contributed by atoms with Crippen LogP contribution in [0.5, 0.6) is 0 Å². The highest BCUT2D eigenvalue weighted by molar-refractivity contribution is 5.44. The molecule has 3 aromatic rings. The van der Waals surface area contributed by atoms with Crippen LogP contribution in [0.25, 0.3) is 11.6 Å². The summed E-state index contributed by atoms with van der Waals surface area (Å²) in [5.74, 6) is 1.67. The molecular formula is C16H18N4O3. The van der Waals surface area contributed by atoms with Crippen LogP contribution in [0.1, 0.15) is 17.6 Å². The van der Waals surface area contributed by atoms with Crippen molar-refractivity contribution in [2.24, 2.45) is 7.05 Å². The third-order valence-corrected chi connectivity index (χ3v) is 4.11. The molecule has 0 amide bonds. The van der Waals surface area contributed by atoms with Gasteiger partial charge < -0.3 is 18.2 Å². The zero-order valence-electron chi connectivity index (χ0n) is 12.9. The summed E-state index contributed by atoms with van der Waals surface area (Å²) in [5, 5.41) is 3.99. The lowest BCUT2D eigenvalue weighted by Crippen LogP contribution is -2.39. The first-order valence-electron chi connectivity index (χ1n) is 7.61. The first-order chi connectivity index (χ1) is 11.3. The Morgan fingerprint density at radius 1 is 1.30 bits per heavy atom. The van der Waals surface area contributed by atoms with Crippen molar-refractivity contribution in [1.82, 2.24) is 19.6 Å². The van der Waals surface area contributed by atoms with Crippen LogP contribution in [0.4, 0.5) is 0 Å². The number of hydrogen-bond acceptors (Lipinski definition) is 6. The summed E-state index contributed by atoms with van der Waals surface area (Å²) >= 11 is 0. The summed E-state index contributed by atoms with van der Waals surface area (Å²) in [5.41, 5.74) is 1.22. The van der Waals surface area contributed by atoms with E-state index in [-0.39, 0.29) is 6.04 Å². The van der Waals surface area contributed by atoms with E-state index in [1.807, 2.05) is 25.4 Å². The molecule has 0 spiro atoms. The maximum absolute atomic E-state index is 5.66. The first-order valence-corrected chi connectivity index (χ1v) is 7.61. The number of hydrogen-bond donors (Lipinski definition) is 0. The van der Waals surface area contributed by atoms with Gasteiger partial charge in [0, 0.05) is 25.5 Å². The Bertz CT molecular complexity index is 762. The third-order valence-electron chi connectivity index (χ3n) is 4.11. The molecule has 1 aliphatic heterocycles. The van der Waals surface area contributed by atoms with E-state index in [1.54, 1.807) is 12.3 Å². The Morgan fingerprint density at radius 2 is 2.26 bits per heavy atom. The highest BCUT2D eigenvalue weighted by atomic mass is 16.5. The fourth-order valence-electron chi connectivity index (χ4n) is 2.92. The Balaban J connectivity index is 1.53. The maximum atomic E-state index is 5.66. The second-order valence-corrected chi connectivity index (χ2v) is 5.59. The standard InChI is InChI=1S/C16H18N4O3/c1-19-6-2-4-12(19)13-11-21-9-7-20(13)10-15-17-16(18-23-15)14-5-3-8-22-14/h2-6,8,13H,7,9-11H2,1H3/t13-/m0/s1. The summed E-state index contributed by atoms with van der Waals surface area (Å²) < 4.78 is 18.4. The minimum atomic E-state index is 0.183. The largest absolute Gasteiger partial charge is 0.461 e. The molecule has 4 rings (SSSR count). The van der Waals surface area contributed by atoms with Gasteiger partial charge in [-0.25, -0.2) is 0 Å². The summed E-state index contributed by atoms with van der Waals surface area (Å²) in [6.07, 6.45) is 3.64. The van der Waals surface area contributed by atoms with Gasteiger partial charge in [0.1, 0.15) is 0 Å². The Morgan fingerprint density at radius 3 is 3.04 bits per heavy atom. The molecule has 0 N–H and O–H groups in total. The highest BCUT2D eigenvalue weighted by Crippen LogP contribution is 2.26. The van der Waals surface area contributed by atoms with Gasteiger partial charge in [0.2, 0.25) is 11.7 Å². The van der Waals surface area contributed by atoms with Gasteiger partial charge in [0.25, 0.3) is 0 Å². The number of aryl methyl sites for hydroxylation is 1. The van der Waals surface area contributed by atoms with Crippen molar-refractivity contribution >= 4 is 0 Å². The van der Waals surface area contributed by atoms with E-state index in [4.69, 9.17) is 13.7 Å². The summed E-state index contributed by atoms with van der Waals surface area (Å²) in [4.78, 5) is 6.73. The number of furan rings is 1. The second-order valence-electron chi connectivity index (χ2n) is 5.59. The molecule has 0 saturated carbocycles. The van der Waals surface area contributed by atoms with Crippen LogP contribution in [0.2, 0.25) is 0 Å². The molecule has 1 fully saturated rings. The predicted molar refractivity (Wildman–Crippen MR) is 81.4 cm³/mol. The number of rotatable bonds is 4. The van der Waals surface area contributed by atoms with E-state index in [0.29, 0.717) is 37.2 Å². The van der Waals surface area contributed by atoms with Crippen molar-refractivity contribution in [2.75, 3.05) is 19.8 Å². The fraction of sp³-hybridized carbons (Fsp3) is 0.375. The molecular weight excluding hydrogens is 296 g/mol. The van der Waals surface area contributed by atoms with E-state index >= 15 is 0 Å². The van der Waals surface area contributed by atoms with E-state index in [1.165, 1.54) is 5.69 Å². The SMILES string of the molecule is Cn1cccc1[C@@H]1COCCN1Cc1nc(-c2ccco2)no1. The zero-order chi connectivity index (χ0) is 15.6. The van der Waals surface area contributed by atoms with E-state index in [9.17, 15) is 0 Å². The lowest BCUT2D eigenvalue weighted by molar-refractivity contribution is -0.0192. The topological polar surface area (TPSA) is 69.5 Å².